The summed E-state index contributed by atoms with van der Waals surface area (Å²) < 4.78 is 0. The number of hydrogen-bond acceptors (Lipinski definition) is 2. The summed E-state index contributed by atoms with van der Waals surface area (Å²) in [5.74, 6) is -0.938. The molecule has 3 nitrogen and oxygen atoms in total. The van der Waals surface area contributed by atoms with Crippen LogP contribution in [0.15, 0.2) is 18.2 Å². The number of pyridine rings is 1. The van der Waals surface area contributed by atoms with E-state index in [2.05, 4.69) is 4.98 Å². The molecular formula is C10H11NO2. The average Bonchev–Trinajstić information content (AvgIpc) is 1.99. The van der Waals surface area contributed by atoms with Gasteiger partial charge in [-0.1, -0.05) is 0 Å². The van der Waals surface area contributed by atoms with E-state index in [0.717, 1.165) is 23.0 Å². The molecule has 0 fully saturated rings. The maximum absolute atomic E-state index is 10.2. The average molecular weight is 177 g/mol. The van der Waals surface area contributed by atoms with Crippen LogP contribution in [-0.2, 0) is 4.79 Å². The van der Waals surface area contributed by atoms with E-state index in [1.807, 2.05) is 26.0 Å². The van der Waals surface area contributed by atoms with E-state index in [0.29, 0.717) is 0 Å². The van der Waals surface area contributed by atoms with Crippen molar-refractivity contribution in [2.75, 3.05) is 0 Å². The first-order valence-corrected chi connectivity index (χ1v) is 3.94. The van der Waals surface area contributed by atoms with E-state index in [1.165, 1.54) is 0 Å². The van der Waals surface area contributed by atoms with Crippen LogP contribution in [0.2, 0.25) is 0 Å². The van der Waals surface area contributed by atoms with Crippen LogP contribution in [0.5, 0.6) is 0 Å². The number of aryl methyl sites for hydroxylation is 2. The smallest absolute Gasteiger partial charge is 0.328 e. The number of aliphatic carboxylic acids is 1. The van der Waals surface area contributed by atoms with Crippen molar-refractivity contribution in [1.82, 2.24) is 4.98 Å². The van der Waals surface area contributed by atoms with Gasteiger partial charge in [0, 0.05) is 17.5 Å². The summed E-state index contributed by atoms with van der Waals surface area (Å²) in [6.45, 7) is 3.76. The highest BCUT2D eigenvalue weighted by Crippen LogP contribution is 2.06. The molecule has 0 saturated heterocycles. The first-order chi connectivity index (χ1) is 6.08. The molecular weight excluding hydrogens is 166 g/mol. The summed E-state index contributed by atoms with van der Waals surface area (Å²) in [4.78, 5) is 14.4. The fraction of sp³-hybridized carbons (Fsp3) is 0.200. The predicted molar refractivity (Wildman–Crippen MR) is 50.4 cm³/mol. The molecule has 0 amide bonds. The summed E-state index contributed by atoms with van der Waals surface area (Å²) in [5.41, 5.74) is 2.66. The molecule has 0 saturated carbocycles. The van der Waals surface area contributed by atoms with E-state index in [-0.39, 0.29) is 0 Å². The number of hydrogen-bond donors (Lipinski definition) is 1. The van der Waals surface area contributed by atoms with Gasteiger partial charge in [0.05, 0.1) is 0 Å². The molecule has 1 aromatic heterocycles. The number of rotatable bonds is 2. The molecule has 0 atom stereocenters. The van der Waals surface area contributed by atoms with E-state index in [1.54, 1.807) is 6.08 Å². The van der Waals surface area contributed by atoms with Crippen molar-refractivity contribution in [2.45, 2.75) is 13.8 Å². The Morgan fingerprint density at radius 1 is 1.38 bits per heavy atom. The summed E-state index contributed by atoms with van der Waals surface area (Å²) in [5, 5.41) is 8.41. The van der Waals surface area contributed by atoms with Gasteiger partial charge in [0.15, 0.2) is 0 Å². The standard InChI is InChI=1S/C10H11NO2/c1-7-5-9(3-4-10(12)13)6-8(2)11-7/h3-6H,1-2H3,(H,12,13)/b4-3+. The molecule has 1 N–H and O–H groups in total. The van der Waals surface area contributed by atoms with Crippen molar-refractivity contribution in [3.8, 4) is 0 Å². The van der Waals surface area contributed by atoms with Gasteiger partial charge in [-0.05, 0) is 37.6 Å². The first kappa shape index (κ1) is 9.45. The molecule has 0 aliphatic rings. The van der Waals surface area contributed by atoms with Crippen LogP contribution in [0.4, 0.5) is 0 Å². The third kappa shape index (κ3) is 3.07. The fourth-order valence-electron chi connectivity index (χ4n) is 1.13. The maximum Gasteiger partial charge on any atom is 0.328 e. The number of carboxylic acids is 1. The monoisotopic (exact) mass is 177 g/mol. The molecule has 0 aromatic carbocycles. The Morgan fingerprint density at radius 2 is 1.92 bits per heavy atom. The second-order valence-electron chi connectivity index (χ2n) is 2.85. The van der Waals surface area contributed by atoms with Crippen LogP contribution in [0.25, 0.3) is 6.08 Å². The highest BCUT2D eigenvalue weighted by atomic mass is 16.4. The number of carboxylic acid groups (broad SMARTS) is 1. The Hall–Kier alpha value is -1.64. The van der Waals surface area contributed by atoms with E-state index < -0.39 is 5.97 Å². The van der Waals surface area contributed by atoms with Gasteiger partial charge in [0.1, 0.15) is 0 Å². The quantitative estimate of drug-likeness (QED) is 0.701. The molecule has 13 heavy (non-hydrogen) atoms. The van der Waals surface area contributed by atoms with Crippen LogP contribution in [0.1, 0.15) is 17.0 Å². The SMILES string of the molecule is Cc1cc(/C=C/C(=O)O)cc(C)n1. The Kier molecular flexibility index (Phi) is 2.80. The molecule has 1 aromatic rings. The van der Waals surface area contributed by atoms with Gasteiger partial charge in [-0.25, -0.2) is 4.79 Å². The van der Waals surface area contributed by atoms with Crippen molar-refractivity contribution in [2.24, 2.45) is 0 Å². The van der Waals surface area contributed by atoms with Crippen LogP contribution in [0.3, 0.4) is 0 Å². The molecule has 0 unspecified atom stereocenters. The second-order valence-corrected chi connectivity index (χ2v) is 2.85. The summed E-state index contributed by atoms with van der Waals surface area (Å²) in [7, 11) is 0. The highest BCUT2D eigenvalue weighted by Gasteiger charge is 1.93. The first-order valence-electron chi connectivity index (χ1n) is 3.94. The van der Waals surface area contributed by atoms with Gasteiger partial charge in [0.2, 0.25) is 0 Å². The number of carbonyl (C=O) groups is 1. The van der Waals surface area contributed by atoms with E-state index >= 15 is 0 Å². The molecule has 0 aliphatic carbocycles. The van der Waals surface area contributed by atoms with Crippen molar-refractivity contribution >= 4 is 12.0 Å². The van der Waals surface area contributed by atoms with Crippen LogP contribution >= 0.6 is 0 Å². The number of nitrogens with zero attached hydrogens (tertiary/aromatic N) is 1. The third-order valence-electron chi connectivity index (χ3n) is 1.52. The molecule has 0 radical (unpaired) electrons. The Morgan fingerprint density at radius 3 is 2.38 bits per heavy atom. The minimum atomic E-state index is -0.938. The lowest BCUT2D eigenvalue weighted by Crippen LogP contribution is -1.89. The largest absolute Gasteiger partial charge is 0.478 e. The van der Waals surface area contributed by atoms with Gasteiger partial charge in [-0.2, -0.15) is 0 Å². The summed E-state index contributed by atoms with van der Waals surface area (Å²) in [6, 6.07) is 3.68. The third-order valence-corrected chi connectivity index (χ3v) is 1.52. The van der Waals surface area contributed by atoms with Crippen molar-refractivity contribution in [3.05, 3.63) is 35.2 Å². The Labute approximate surface area is 76.7 Å². The zero-order chi connectivity index (χ0) is 9.84. The zero-order valence-corrected chi connectivity index (χ0v) is 7.61. The van der Waals surface area contributed by atoms with E-state index in [9.17, 15) is 4.79 Å². The lowest BCUT2D eigenvalue weighted by molar-refractivity contribution is -0.131. The second kappa shape index (κ2) is 3.85. The van der Waals surface area contributed by atoms with Crippen LogP contribution < -0.4 is 0 Å². The molecule has 0 spiro atoms. The van der Waals surface area contributed by atoms with E-state index in [4.69, 9.17) is 5.11 Å². The van der Waals surface area contributed by atoms with Crippen LogP contribution in [-0.4, -0.2) is 16.1 Å². The predicted octanol–water partition coefficient (Wildman–Crippen LogP) is 1.80. The molecule has 68 valence electrons. The lowest BCUT2D eigenvalue weighted by Gasteiger charge is -1.97. The lowest BCUT2D eigenvalue weighted by atomic mass is 10.2. The Balaban J connectivity index is 2.95. The van der Waals surface area contributed by atoms with Gasteiger partial charge >= 0.3 is 5.97 Å². The molecule has 3 heteroatoms. The minimum Gasteiger partial charge on any atom is -0.478 e. The molecule has 0 bridgehead atoms. The van der Waals surface area contributed by atoms with Gasteiger partial charge in [0.25, 0.3) is 0 Å². The summed E-state index contributed by atoms with van der Waals surface area (Å²) >= 11 is 0. The fourth-order valence-corrected chi connectivity index (χ4v) is 1.13. The molecule has 0 aliphatic heterocycles. The van der Waals surface area contributed by atoms with Crippen molar-refractivity contribution in [1.29, 1.82) is 0 Å². The molecule has 1 rings (SSSR count). The highest BCUT2D eigenvalue weighted by molar-refractivity contribution is 5.85. The van der Waals surface area contributed by atoms with Gasteiger partial charge < -0.3 is 5.11 Å². The number of aromatic nitrogens is 1. The van der Waals surface area contributed by atoms with Crippen molar-refractivity contribution < 1.29 is 9.90 Å². The minimum absolute atomic E-state index is 0.868. The van der Waals surface area contributed by atoms with Gasteiger partial charge in [-0.3, -0.25) is 4.98 Å². The zero-order valence-electron chi connectivity index (χ0n) is 7.61. The van der Waals surface area contributed by atoms with Gasteiger partial charge in [-0.15, -0.1) is 0 Å². The Bertz CT molecular complexity index is 336. The summed E-state index contributed by atoms with van der Waals surface area (Å²) in [6.07, 6.45) is 2.68. The molecule has 1 heterocycles. The van der Waals surface area contributed by atoms with Crippen molar-refractivity contribution in [3.63, 3.8) is 0 Å². The normalized spacial score (nSPS) is 10.6. The topological polar surface area (TPSA) is 50.2 Å². The maximum atomic E-state index is 10.2. The van der Waals surface area contributed by atoms with Crippen LogP contribution in [0, 0.1) is 13.8 Å².